The van der Waals surface area contributed by atoms with E-state index in [1.165, 1.54) is 0 Å². The molecule has 0 atom stereocenters. The SMILES string of the molecule is CCOC(=O)COc1ccccc1C=C1SC(=Nc2ccccc2)C(C(=O)OCC)=C1O. The van der Waals surface area contributed by atoms with E-state index < -0.39 is 11.9 Å². The number of aliphatic hydroxyl groups excluding tert-OH is 1. The van der Waals surface area contributed by atoms with Crippen molar-refractivity contribution >= 4 is 40.5 Å². The molecular weight excluding hydrogens is 430 g/mol. The molecule has 0 aliphatic carbocycles. The van der Waals surface area contributed by atoms with E-state index in [0.717, 1.165) is 11.8 Å². The number of carbonyl (C=O) groups excluding carboxylic acids is 2. The molecule has 1 aliphatic rings. The fourth-order valence-corrected chi connectivity index (χ4v) is 3.85. The molecule has 1 heterocycles. The van der Waals surface area contributed by atoms with Gasteiger partial charge in [0.1, 0.15) is 22.1 Å². The molecule has 166 valence electrons. The minimum atomic E-state index is -0.651. The smallest absolute Gasteiger partial charge is 0.344 e. The van der Waals surface area contributed by atoms with Crippen LogP contribution in [0.4, 0.5) is 5.69 Å². The second-order valence-corrected chi connectivity index (χ2v) is 7.47. The van der Waals surface area contributed by atoms with E-state index in [-0.39, 0.29) is 31.2 Å². The average molecular weight is 454 g/mol. The van der Waals surface area contributed by atoms with Gasteiger partial charge in [-0.25, -0.2) is 14.6 Å². The summed E-state index contributed by atoms with van der Waals surface area (Å²) in [4.78, 5) is 29.1. The summed E-state index contributed by atoms with van der Waals surface area (Å²) >= 11 is 1.15. The molecule has 1 N–H and O–H groups in total. The molecule has 0 aromatic heterocycles. The number of hydrogen-bond donors (Lipinski definition) is 1. The Morgan fingerprint density at radius 3 is 2.41 bits per heavy atom. The molecule has 3 rings (SSSR count). The summed E-state index contributed by atoms with van der Waals surface area (Å²) in [7, 11) is 0. The zero-order chi connectivity index (χ0) is 22.9. The van der Waals surface area contributed by atoms with Crippen molar-refractivity contribution in [1.29, 1.82) is 0 Å². The molecule has 0 saturated heterocycles. The normalized spacial score (nSPS) is 15.8. The maximum Gasteiger partial charge on any atom is 0.344 e. The van der Waals surface area contributed by atoms with Crippen molar-refractivity contribution in [2.75, 3.05) is 19.8 Å². The number of ether oxygens (including phenoxy) is 3. The van der Waals surface area contributed by atoms with Crippen LogP contribution in [0.1, 0.15) is 19.4 Å². The maximum atomic E-state index is 12.5. The van der Waals surface area contributed by atoms with Crippen LogP contribution in [0.2, 0.25) is 0 Å². The lowest BCUT2D eigenvalue weighted by atomic mass is 10.1. The second kappa shape index (κ2) is 11.2. The minimum Gasteiger partial charge on any atom is -0.506 e. The zero-order valence-electron chi connectivity index (χ0n) is 17.7. The predicted octanol–water partition coefficient (Wildman–Crippen LogP) is 4.82. The van der Waals surface area contributed by atoms with Crippen LogP contribution in [0.15, 0.2) is 75.8 Å². The molecule has 0 amide bonds. The van der Waals surface area contributed by atoms with Gasteiger partial charge in [-0.2, -0.15) is 0 Å². The van der Waals surface area contributed by atoms with Crippen LogP contribution < -0.4 is 4.74 Å². The van der Waals surface area contributed by atoms with Crippen LogP contribution in [0.3, 0.4) is 0 Å². The van der Waals surface area contributed by atoms with Crippen LogP contribution in [-0.2, 0) is 19.1 Å². The van der Waals surface area contributed by atoms with Gasteiger partial charge >= 0.3 is 11.9 Å². The summed E-state index contributed by atoms with van der Waals surface area (Å²) in [5.74, 6) is -0.909. The van der Waals surface area contributed by atoms with Gasteiger partial charge in [-0.15, -0.1) is 0 Å². The first-order valence-electron chi connectivity index (χ1n) is 10.0. The third kappa shape index (κ3) is 5.79. The molecule has 0 saturated carbocycles. The number of thioether (sulfide) groups is 1. The molecule has 0 bridgehead atoms. The first kappa shape index (κ1) is 23.1. The number of benzene rings is 2. The topological polar surface area (TPSA) is 94.4 Å². The van der Waals surface area contributed by atoms with Gasteiger partial charge in [0.15, 0.2) is 6.61 Å². The Balaban J connectivity index is 1.95. The van der Waals surface area contributed by atoms with E-state index in [1.807, 2.05) is 18.2 Å². The second-order valence-electron chi connectivity index (χ2n) is 6.44. The number of nitrogens with zero attached hydrogens (tertiary/aromatic N) is 1. The van der Waals surface area contributed by atoms with E-state index in [4.69, 9.17) is 14.2 Å². The summed E-state index contributed by atoms with van der Waals surface area (Å²) < 4.78 is 15.6. The van der Waals surface area contributed by atoms with Crippen molar-refractivity contribution in [3.8, 4) is 5.75 Å². The molecule has 7 nitrogen and oxygen atoms in total. The zero-order valence-corrected chi connectivity index (χ0v) is 18.6. The summed E-state index contributed by atoms with van der Waals surface area (Å²) in [6.07, 6.45) is 1.67. The highest BCUT2D eigenvalue weighted by Gasteiger charge is 2.33. The third-order valence-electron chi connectivity index (χ3n) is 4.21. The fraction of sp³-hybridized carbons (Fsp3) is 0.208. The van der Waals surface area contributed by atoms with Gasteiger partial charge in [0.2, 0.25) is 0 Å². The highest BCUT2D eigenvalue weighted by atomic mass is 32.2. The summed E-state index contributed by atoms with van der Waals surface area (Å²) in [5, 5.41) is 11.2. The molecule has 0 unspecified atom stereocenters. The van der Waals surface area contributed by atoms with Crippen LogP contribution in [-0.4, -0.2) is 41.9 Å². The van der Waals surface area contributed by atoms with Crippen molar-refractivity contribution in [2.24, 2.45) is 4.99 Å². The number of para-hydroxylation sites is 2. The van der Waals surface area contributed by atoms with Gasteiger partial charge < -0.3 is 19.3 Å². The van der Waals surface area contributed by atoms with E-state index >= 15 is 0 Å². The van der Waals surface area contributed by atoms with Gasteiger partial charge in [-0.3, -0.25) is 0 Å². The largest absolute Gasteiger partial charge is 0.506 e. The Morgan fingerprint density at radius 2 is 1.69 bits per heavy atom. The number of aliphatic imine (C=N–C) groups is 1. The molecule has 2 aromatic carbocycles. The Morgan fingerprint density at radius 1 is 1.00 bits per heavy atom. The first-order chi connectivity index (χ1) is 15.5. The molecule has 2 aromatic rings. The van der Waals surface area contributed by atoms with Crippen LogP contribution in [0, 0.1) is 0 Å². The number of carbonyl (C=O) groups is 2. The summed E-state index contributed by atoms with van der Waals surface area (Å²) in [6.45, 7) is 3.61. The van der Waals surface area contributed by atoms with Gasteiger partial charge in [-0.05, 0) is 38.1 Å². The lowest BCUT2D eigenvalue weighted by Gasteiger charge is -2.09. The monoisotopic (exact) mass is 453 g/mol. The fourth-order valence-electron chi connectivity index (χ4n) is 2.82. The molecule has 0 spiro atoms. The van der Waals surface area contributed by atoms with Crippen LogP contribution in [0.25, 0.3) is 6.08 Å². The van der Waals surface area contributed by atoms with E-state index in [9.17, 15) is 14.7 Å². The number of esters is 2. The lowest BCUT2D eigenvalue weighted by Crippen LogP contribution is -2.14. The molecular formula is C24H23NO6S. The molecule has 32 heavy (non-hydrogen) atoms. The summed E-state index contributed by atoms with van der Waals surface area (Å²) in [6, 6.07) is 16.2. The maximum absolute atomic E-state index is 12.5. The van der Waals surface area contributed by atoms with Crippen LogP contribution in [0.5, 0.6) is 5.75 Å². The molecule has 0 fully saturated rings. The van der Waals surface area contributed by atoms with Gasteiger partial charge in [-0.1, -0.05) is 48.2 Å². The van der Waals surface area contributed by atoms with Crippen molar-refractivity contribution in [3.63, 3.8) is 0 Å². The summed E-state index contributed by atoms with van der Waals surface area (Å²) in [5.41, 5.74) is 1.27. The predicted molar refractivity (Wildman–Crippen MR) is 124 cm³/mol. The van der Waals surface area contributed by atoms with E-state index in [2.05, 4.69) is 4.99 Å². The highest BCUT2D eigenvalue weighted by Crippen LogP contribution is 2.41. The number of hydrogen-bond acceptors (Lipinski definition) is 8. The number of aliphatic hydroxyl groups is 1. The Labute approximate surface area is 190 Å². The minimum absolute atomic E-state index is 0.0110. The molecule has 8 heteroatoms. The van der Waals surface area contributed by atoms with Crippen molar-refractivity contribution in [1.82, 2.24) is 0 Å². The van der Waals surface area contributed by atoms with Gasteiger partial charge in [0.25, 0.3) is 0 Å². The van der Waals surface area contributed by atoms with Crippen molar-refractivity contribution < 1.29 is 28.9 Å². The van der Waals surface area contributed by atoms with Crippen molar-refractivity contribution in [3.05, 3.63) is 76.4 Å². The quantitative estimate of drug-likeness (QED) is 0.573. The Hall–Kier alpha value is -3.52. The Kier molecular flexibility index (Phi) is 8.10. The molecule has 0 radical (unpaired) electrons. The number of rotatable bonds is 8. The lowest BCUT2D eigenvalue weighted by molar-refractivity contribution is -0.145. The van der Waals surface area contributed by atoms with Crippen LogP contribution >= 0.6 is 11.8 Å². The van der Waals surface area contributed by atoms with Crippen molar-refractivity contribution in [2.45, 2.75) is 13.8 Å². The highest BCUT2D eigenvalue weighted by molar-refractivity contribution is 8.18. The average Bonchev–Trinajstić information content (AvgIpc) is 3.08. The molecule has 1 aliphatic heterocycles. The van der Waals surface area contributed by atoms with Gasteiger partial charge in [0, 0.05) is 5.56 Å². The Bertz CT molecular complexity index is 1070. The van der Waals surface area contributed by atoms with E-state index in [0.29, 0.717) is 26.9 Å². The standard InChI is InChI=1S/C24H23NO6S/c1-3-29-20(26)15-31-18-13-9-8-10-16(18)14-19-22(27)21(24(28)30-4-2)23(32-19)25-17-11-6-5-7-12-17/h5-14,27H,3-4,15H2,1-2H3. The van der Waals surface area contributed by atoms with Gasteiger partial charge in [0.05, 0.1) is 23.8 Å². The van der Waals surface area contributed by atoms with E-state index in [1.54, 1.807) is 56.3 Å². The first-order valence-corrected chi connectivity index (χ1v) is 10.9. The third-order valence-corrected chi connectivity index (χ3v) is 5.23.